The Kier molecular flexibility index (Phi) is 2.78. The molecule has 1 aliphatic carbocycles. The highest BCUT2D eigenvalue weighted by molar-refractivity contribution is 9.10. The molecule has 0 spiro atoms. The normalized spacial score (nSPS) is 28.0. The highest BCUT2D eigenvalue weighted by atomic mass is 79.9. The summed E-state index contributed by atoms with van der Waals surface area (Å²) in [6.45, 7) is 2.27. The zero-order valence-electron chi connectivity index (χ0n) is 8.71. The Balaban J connectivity index is 1.90. The maximum absolute atomic E-state index is 5.90. The summed E-state index contributed by atoms with van der Waals surface area (Å²) < 4.78 is 0.878. The van der Waals surface area contributed by atoms with Crippen molar-refractivity contribution in [3.63, 3.8) is 0 Å². The fourth-order valence-corrected chi connectivity index (χ4v) is 3.04. The van der Waals surface area contributed by atoms with Gasteiger partial charge in [0.25, 0.3) is 0 Å². The number of hydrogen-bond acceptors (Lipinski definition) is 2. The smallest absolute Gasteiger partial charge is 0.143 e. The summed E-state index contributed by atoms with van der Waals surface area (Å²) in [5.41, 5.74) is 2.62. The van der Waals surface area contributed by atoms with Crippen LogP contribution in [0.25, 0.3) is 5.57 Å². The third-order valence-electron chi connectivity index (χ3n) is 3.46. The molecule has 2 nitrogen and oxygen atoms in total. The van der Waals surface area contributed by atoms with E-state index in [2.05, 4.69) is 38.4 Å². The first-order valence-electron chi connectivity index (χ1n) is 5.47. The number of allylic oxidation sites excluding steroid dienone is 1. The van der Waals surface area contributed by atoms with Gasteiger partial charge in [0.05, 0.1) is 4.47 Å². The van der Waals surface area contributed by atoms with Crippen molar-refractivity contribution in [1.82, 2.24) is 10.3 Å². The van der Waals surface area contributed by atoms with Crippen LogP contribution in [0.1, 0.15) is 12.0 Å². The van der Waals surface area contributed by atoms with Gasteiger partial charge >= 0.3 is 0 Å². The molecule has 0 radical (unpaired) electrons. The number of nitrogens with zero attached hydrogens (tertiary/aromatic N) is 1. The van der Waals surface area contributed by atoms with Crippen LogP contribution in [0.4, 0.5) is 0 Å². The molecule has 1 N–H and O–H groups in total. The molecule has 1 aromatic heterocycles. The average molecular weight is 300 g/mol. The molecule has 1 saturated heterocycles. The minimum Gasteiger partial charge on any atom is -0.316 e. The van der Waals surface area contributed by atoms with Gasteiger partial charge in [0.15, 0.2) is 0 Å². The highest BCUT2D eigenvalue weighted by Gasteiger charge is 2.31. The molecule has 2 heterocycles. The second kappa shape index (κ2) is 4.13. The summed E-state index contributed by atoms with van der Waals surface area (Å²) in [6.07, 6.45) is 5.42. The lowest BCUT2D eigenvalue weighted by molar-refractivity contribution is 0.536. The molecule has 4 heteroatoms. The molecular formula is C12H12BrClN2. The molecule has 0 amide bonds. The van der Waals surface area contributed by atoms with Gasteiger partial charge in [-0.2, -0.15) is 0 Å². The molecule has 0 aromatic carbocycles. The van der Waals surface area contributed by atoms with Crippen LogP contribution in [0, 0.1) is 11.8 Å². The SMILES string of the molecule is Clc1ncc(C2=C[C@H]3CNC[C@H]3C2)cc1Br. The molecule has 1 fully saturated rings. The summed E-state index contributed by atoms with van der Waals surface area (Å²) in [5, 5.41) is 3.96. The summed E-state index contributed by atoms with van der Waals surface area (Å²) in [5.74, 6) is 1.49. The molecule has 2 aliphatic rings. The average Bonchev–Trinajstić information content (AvgIpc) is 2.81. The molecule has 2 atom stereocenters. The molecule has 0 bridgehead atoms. The maximum Gasteiger partial charge on any atom is 0.143 e. The van der Waals surface area contributed by atoms with E-state index in [1.165, 1.54) is 11.1 Å². The monoisotopic (exact) mass is 298 g/mol. The van der Waals surface area contributed by atoms with Gasteiger partial charge in [0.2, 0.25) is 0 Å². The van der Waals surface area contributed by atoms with Gasteiger partial charge in [-0.15, -0.1) is 0 Å². The van der Waals surface area contributed by atoms with E-state index >= 15 is 0 Å². The second-order valence-corrected chi connectivity index (χ2v) is 5.69. The fourth-order valence-electron chi connectivity index (χ4n) is 2.59. The van der Waals surface area contributed by atoms with E-state index in [1.807, 2.05) is 6.20 Å². The third kappa shape index (κ3) is 1.81. The number of fused-ring (bicyclic) bond motifs is 1. The summed E-state index contributed by atoms with van der Waals surface area (Å²) >= 11 is 9.32. The van der Waals surface area contributed by atoms with Gasteiger partial charge in [-0.25, -0.2) is 4.98 Å². The van der Waals surface area contributed by atoms with Crippen LogP contribution in [0.5, 0.6) is 0 Å². The first kappa shape index (κ1) is 10.8. The Morgan fingerprint density at radius 1 is 1.44 bits per heavy atom. The van der Waals surface area contributed by atoms with Crippen LogP contribution < -0.4 is 5.32 Å². The van der Waals surface area contributed by atoms with Gasteiger partial charge in [-0.1, -0.05) is 17.7 Å². The van der Waals surface area contributed by atoms with E-state index in [-0.39, 0.29) is 0 Å². The lowest BCUT2D eigenvalue weighted by Crippen LogP contribution is -2.09. The number of pyridine rings is 1. The number of hydrogen-bond donors (Lipinski definition) is 1. The predicted molar refractivity (Wildman–Crippen MR) is 69.4 cm³/mol. The Morgan fingerprint density at radius 2 is 2.31 bits per heavy atom. The lowest BCUT2D eigenvalue weighted by atomic mass is 9.99. The molecule has 3 rings (SSSR count). The fraction of sp³-hybridized carbons (Fsp3) is 0.417. The van der Waals surface area contributed by atoms with E-state index in [9.17, 15) is 0 Å². The number of aromatic nitrogens is 1. The van der Waals surface area contributed by atoms with Crippen LogP contribution in [0.3, 0.4) is 0 Å². The molecule has 1 aromatic rings. The minimum atomic E-state index is 0.532. The van der Waals surface area contributed by atoms with Crippen molar-refractivity contribution < 1.29 is 0 Å². The zero-order valence-corrected chi connectivity index (χ0v) is 11.1. The van der Waals surface area contributed by atoms with Gasteiger partial charge in [0, 0.05) is 12.7 Å². The molecule has 0 saturated carbocycles. The third-order valence-corrected chi connectivity index (χ3v) is 4.59. The van der Waals surface area contributed by atoms with Crippen molar-refractivity contribution in [1.29, 1.82) is 0 Å². The number of rotatable bonds is 1. The molecule has 16 heavy (non-hydrogen) atoms. The number of halogens is 2. The Labute approximate surface area is 108 Å². The second-order valence-electron chi connectivity index (χ2n) is 4.47. The van der Waals surface area contributed by atoms with Crippen molar-refractivity contribution in [2.45, 2.75) is 6.42 Å². The van der Waals surface area contributed by atoms with Crippen molar-refractivity contribution in [3.05, 3.63) is 33.5 Å². The van der Waals surface area contributed by atoms with Crippen LogP contribution in [0.15, 0.2) is 22.8 Å². The first-order chi connectivity index (χ1) is 7.74. The van der Waals surface area contributed by atoms with E-state index in [0.717, 1.165) is 29.9 Å². The predicted octanol–water partition coefficient (Wildman–Crippen LogP) is 3.12. The van der Waals surface area contributed by atoms with Gasteiger partial charge in [-0.05, 0) is 57.9 Å². The van der Waals surface area contributed by atoms with E-state index in [1.54, 1.807) is 0 Å². The van der Waals surface area contributed by atoms with Crippen molar-refractivity contribution in [2.75, 3.05) is 13.1 Å². The Bertz CT molecular complexity index is 458. The summed E-state index contributed by atoms with van der Waals surface area (Å²) in [6, 6.07) is 2.07. The summed E-state index contributed by atoms with van der Waals surface area (Å²) in [7, 11) is 0. The van der Waals surface area contributed by atoms with E-state index in [4.69, 9.17) is 11.6 Å². The maximum atomic E-state index is 5.90. The molecular weight excluding hydrogens is 288 g/mol. The van der Waals surface area contributed by atoms with Crippen molar-refractivity contribution in [2.24, 2.45) is 11.8 Å². The standard InChI is InChI=1S/C12H12BrClN2/c13-11-3-10(6-16-12(11)14)7-1-8-4-15-5-9(8)2-7/h1,3,6,8-9,15H,2,4-5H2/t8-,9+/m0/s1. The topological polar surface area (TPSA) is 24.9 Å². The van der Waals surface area contributed by atoms with Crippen LogP contribution in [-0.2, 0) is 0 Å². The van der Waals surface area contributed by atoms with Crippen LogP contribution >= 0.6 is 27.5 Å². The Hall–Kier alpha value is -0.380. The van der Waals surface area contributed by atoms with Gasteiger partial charge in [-0.3, -0.25) is 0 Å². The Morgan fingerprint density at radius 3 is 3.06 bits per heavy atom. The number of nitrogens with one attached hydrogen (secondary N) is 1. The molecule has 1 aliphatic heterocycles. The highest BCUT2D eigenvalue weighted by Crippen LogP contribution is 2.38. The van der Waals surface area contributed by atoms with Crippen molar-refractivity contribution in [3.8, 4) is 0 Å². The molecule has 0 unspecified atom stereocenters. The first-order valence-corrected chi connectivity index (χ1v) is 6.64. The van der Waals surface area contributed by atoms with Crippen LogP contribution in [0.2, 0.25) is 5.15 Å². The lowest BCUT2D eigenvalue weighted by Gasteiger charge is -2.07. The van der Waals surface area contributed by atoms with E-state index < -0.39 is 0 Å². The van der Waals surface area contributed by atoms with Crippen molar-refractivity contribution >= 4 is 33.1 Å². The van der Waals surface area contributed by atoms with Gasteiger partial charge < -0.3 is 5.32 Å². The minimum absolute atomic E-state index is 0.532. The van der Waals surface area contributed by atoms with E-state index in [0.29, 0.717) is 11.1 Å². The largest absolute Gasteiger partial charge is 0.316 e. The summed E-state index contributed by atoms with van der Waals surface area (Å²) in [4.78, 5) is 4.18. The molecule has 84 valence electrons. The van der Waals surface area contributed by atoms with Crippen LogP contribution in [-0.4, -0.2) is 18.1 Å². The zero-order chi connectivity index (χ0) is 11.1. The van der Waals surface area contributed by atoms with Gasteiger partial charge in [0.1, 0.15) is 5.15 Å². The quantitative estimate of drug-likeness (QED) is 0.806.